The van der Waals surface area contributed by atoms with Crippen LogP contribution in [0.15, 0.2) is 30.5 Å². The van der Waals surface area contributed by atoms with Crippen LogP contribution in [0.2, 0.25) is 0 Å². The monoisotopic (exact) mass is 567 g/mol. The molecule has 3 aromatic rings. The predicted molar refractivity (Wildman–Crippen MR) is 138 cm³/mol. The first-order valence-electron chi connectivity index (χ1n) is 11.8. The highest BCUT2D eigenvalue weighted by Gasteiger charge is 2.38. The van der Waals surface area contributed by atoms with E-state index in [0.717, 1.165) is 41.9 Å². The molecule has 2 aromatic heterocycles. The first kappa shape index (κ1) is 29.7. The molecule has 1 atom stereocenters. The van der Waals surface area contributed by atoms with Gasteiger partial charge in [0, 0.05) is 24.1 Å². The number of aliphatic carboxylic acids is 1. The number of alkyl halides is 3. The van der Waals surface area contributed by atoms with Crippen LogP contribution in [0.3, 0.4) is 0 Å². The largest absolute Gasteiger partial charge is 0.490 e. The third-order valence-electron chi connectivity index (χ3n) is 5.73. The molecule has 15 heteroatoms. The normalized spacial score (nSPS) is 14.2. The molecule has 1 fully saturated rings. The molecule has 5 N–H and O–H groups in total. The van der Waals surface area contributed by atoms with Gasteiger partial charge in [0.25, 0.3) is 0 Å². The summed E-state index contributed by atoms with van der Waals surface area (Å²) in [7, 11) is -3.21. The number of nitrogens with one attached hydrogen (secondary N) is 2. The Morgan fingerprint density at radius 3 is 2.54 bits per heavy atom. The van der Waals surface area contributed by atoms with Crippen LogP contribution in [0.1, 0.15) is 48.8 Å². The van der Waals surface area contributed by atoms with Gasteiger partial charge >= 0.3 is 12.1 Å². The second-order valence-corrected chi connectivity index (χ2v) is 11.4. The lowest BCUT2D eigenvalue weighted by Gasteiger charge is -2.18. The van der Waals surface area contributed by atoms with E-state index in [0.29, 0.717) is 29.6 Å². The number of nitriles is 1. The van der Waals surface area contributed by atoms with Crippen LogP contribution in [0.25, 0.3) is 5.65 Å². The number of benzene rings is 1. The molecule has 0 saturated heterocycles. The van der Waals surface area contributed by atoms with Gasteiger partial charge in [0.05, 0.1) is 11.9 Å². The number of carbonyl (C=O) groups is 1. The Bertz CT molecular complexity index is 1500. The number of sulfone groups is 1. The van der Waals surface area contributed by atoms with E-state index in [-0.39, 0.29) is 11.7 Å². The number of nitrogens with two attached hydrogens (primary N) is 1. The van der Waals surface area contributed by atoms with E-state index in [1.165, 1.54) is 12.5 Å². The summed E-state index contributed by atoms with van der Waals surface area (Å²) in [5.41, 5.74) is 9.01. The van der Waals surface area contributed by atoms with Crippen LogP contribution in [-0.2, 0) is 20.4 Å². The van der Waals surface area contributed by atoms with Crippen LogP contribution in [0, 0.1) is 11.3 Å². The fourth-order valence-electron chi connectivity index (χ4n) is 3.77. The SMILES string of the molecule is C[C@H](CCN)c1ccc(Nc2cc(NC3CC3)n3ncc(C#N)c3n2)cc1CS(C)(=O)=O.O=C(O)C(F)(F)F. The van der Waals surface area contributed by atoms with Crippen molar-refractivity contribution in [1.29, 1.82) is 5.26 Å². The van der Waals surface area contributed by atoms with Crippen molar-refractivity contribution in [2.45, 2.75) is 50.1 Å². The Kier molecular flexibility index (Phi) is 9.03. The Balaban J connectivity index is 0.000000532. The molecule has 39 heavy (non-hydrogen) atoms. The number of nitrogens with zero attached hydrogens (tertiary/aromatic N) is 4. The lowest BCUT2D eigenvalue weighted by Crippen LogP contribution is -2.21. The van der Waals surface area contributed by atoms with Crippen molar-refractivity contribution in [3.63, 3.8) is 0 Å². The van der Waals surface area contributed by atoms with Crippen molar-refractivity contribution in [1.82, 2.24) is 14.6 Å². The van der Waals surface area contributed by atoms with Crippen LogP contribution >= 0.6 is 0 Å². The number of aromatic nitrogens is 3. The molecular formula is C24H28F3N7O4S. The van der Waals surface area contributed by atoms with Crippen molar-refractivity contribution in [3.8, 4) is 6.07 Å². The zero-order chi connectivity index (χ0) is 29.0. The number of halogens is 3. The number of carboxylic acid groups (broad SMARTS) is 1. The van der Waals surface area contributed by atoms with E-state index in [1.54, 1.807) is 4.52 Å². The Morgan fingerprint density at radius 1 is 1.33 bits per heavy atom. The van der Waals surface area contributed by atoms with Gasteiger partial charge in [-0.2, -0.15) is 28.0 Å². The molecule has 11 nitrogen and oxygen atoms in total. The van der Waals surface area contributed by atoms with Crippen molar-refractivity contribution in [2.24, 2.45) is 5.73 Å². The van der Waals surface area contributed by atoms with Gasteiger partial charge in [-0.1, -0.05) is 13.0 Å². The summed E-state index contributed by atoms with van der Waals surface area (Å²) < 4.78 is 57.4. The molecule has 1 aromatic carbocycles. The average molecular weight is 568 g/mol. The van der Waals surface area contributed by atoms with Gasteiger partial charge in [0.1, 0.15) is 23.3 Å². The standard InChI is InChI=1S/C22H27N7O2S.C2HF3O2/c1-14(7-8-23)19-6-5-18(9-15(19)13-32(2,30)31)26-20-10-21(27-17-3-4-17)29-22(28-20)16(11-24)12-25-29;3-2(4,5)1(6)7/h5-6,9-10,12,14,17,27H,3-4,7-8,13,23H2,1-2H3,(H,26,28);(H,6,7)/t14-;/m1./s1. The van der Waals surface area contributed by atoms with Crippen molar-refractivity contribution in [3.05, 3.63) is 47.2 Å². The van der Waals surface area contributed by atoms with Gasteiger partial charge in [-0.05, 0) is 55.0 Å². The minimum Gasteiger partial charge on any atom is -0.475 e. The lowest BCUT2D eigenvalue weighted by molar-refractivity contribution is -0.192. The summed E-state index contributed by atoms with van der Waals surface area (Å²) in [5, 5.41) is 27.5. The highest BCUT2D eigenvalue weighted by molar-refractivity contribution is 7.89. The number of hydrogen-bond donors (Lipinski definition) is 4. The summed E-state index contributed by atoms with van der Waals surface area (Å²) in [4.78, 5) is 13.5. The highest BCUT2D eigenvalue weighted by atomic mass is 32.2. The predicted octanol–water partition coefficient (Wildman–Crippen LogP) is 3.55. The highest BCUT2D eigenvalue weighted by Crippen LogP contribution is 2.30. The van der Waals surface area contributed by atoms with Crippen molar-refractivity contribution < 1.29 is 31.5 Å². The maximum absolute atomic E-state index is 12.0. The fourth-order valence-corrected chi connectivity index (χ4v) is 4.59. The molecule has 0 spiro atoms. The fraction of sp³-hybridized carbons (Fsp3) is 0.417. The van der Waals surface area contributed by atoms with E-state index in [4.69, 9.17) is 15.6 Å². The van der Waals surface area contributed by atoms with Crippen LogP contribution in [0.4, 0.5) is 30.5 Å². The van der Waals surface area contributed by atoms with E-state index in [9.17, 15) is 26.9 Å². The zero-order valence-electron chi connectivity index (χ0n) is 21.2. The van der Waals surface area contributed by atoms with Gasteiger partial charge in [0.2, 0.25) is 0 Å². The molecule has 0 radical (unpaired) electrons. The third kappa shape index (κ3) is 8.29. The first-order chi connectivity index (χ1) is 18.2. The zero-order valence-corrected chi connectivity index (χ0v) is 22.0. The van der Waals surface area contributed by atoms with Gasteiger partial charge < -0.3 is 21.5 Å². The molecule has 210 valence electrons. The average Bonchev–Trinajstić information content (AvgIpc) is 3.54. The number of anilines is 3. The Labute approximate surface area is 222 Å². The van der Waals surface area contributed by atoms with Crippen molar-refractivity contribution in [2.75, 3.05) is 23.4 Å². The van der Waals surface area contributed by atoms with Gasteiger partial charge in [0.15, 0.2) is 15.5 Å². The second-order valence-electron chi connectivity index (χ2n) is 9.24. The van der Waals surface area contributed by atoms with Gasteiger partial charge in [-0.15, -0.1) is 0 Å². The molecule has 0 aliphatic heterocycles. The number of fused-ring (bicyclic) bond motifs is 1. The lowest BCUT2D eigenvalue weighted by atomic mass is 9.93. The Hall–Kier alpha value is -3.90. The minimum atomic E-state index is -5.08. The van der Waals surface area contributed by atoms with E-state index < -0.39 is 22.0 Å². The summed E-state index contributed by atoms with van der Waals surface area (Å²) in [5.74, 6) is -1.35. The summed E-state index contributed by atoms with van der Waals surface area (Å²) in [6.45, 7) is 2.59. The molecule has 2 heterocycles. The van der Waals surface area contributed by atoms with Gasteiger partial charge in [-0.3, -0.25) is 0 Å². The van der Waals surface area contributed by atoms with Crippen molar-refractivity contribution >= 4 is 38.8 Å². The summed E-state index contributed by atoms with van der Waals surface area (Å²) >= 11 is 0. The minimum absolute atomic E-state index is 0.0467. The molecule has 0 unspecified atom stereocenters. The molecule has 0 amide bonds. The maximum atomic E-state index is 12.0. The van der Waals surface area contributed by atoms with Crippen LogP contribution < -0.4 is 16.4 Å². The molecule has 0 bridgehead atoms. The quantitative estimate of drug-likeness (QED) is 0.299. The van der Waals surface area contributed by atoms with Gasteiger partial charge in [-0.25, -0.2) is 18.2 Å². The third-order valence-corrected chi connectivity index (χ3v) is 6.56. The first-order valence-corrected chi connectivity index (χ1v) is 13.9. The maximum Gasteiger partial charge on any atom is 0.490 e. The molecule has 4 rings (SSSR count). The Morgan fingerprint density at radius 2 is 2.00 bits per heavy atom. The number of hydrogen-bond acceptors (Lipinski definition) is 9. The van der Waals surface area contributed by atoms with E-state index >= 15 is 0 Å². The van der Waals surface area contributed by atoms with E-state index in [2.05, 4.69) is 33.7 Å². The van der Waals surface area contributed by atoms with E-state index in [1.807, 2.05) is 24.3 Å². The van der Waals surface area contributed by atoms with Crippen LogP contribution in [0.5, 0.6) is 0 Å². The topological polar surface area (TPSA) is 175 Å². The summed E-state index contributed by atoms with van der Waals surface area (Å²) in [6, 6.07) is 10.1. The molecule has 1 aliphatic carbocycles. The molecule has 1 aliphatic rings. The molecule has 1 saturated carbocycles. The second kappa shape index (κ2) is 11.9. The number of carboxylic acids is 1. The smallest absolute Gasteiger partial charge is 0.475 e. The van der Waals surface area contributed by atoms with Crippen LogP contribution in [-0.4, -0.2) is 59.1 Å². The number of rotatable bonds is 9. The summed E-state index contributed by atoms with van der Waals surface area (Å²) in [6.07, 6.45) is 0.615. The molecular weight excluding hydrogens is 539 g/mol.